The van der Waals surface area contributed by atoms with Gasteiger partial charge in [0.1, 0.15) is 23.2 Å². The van der Waals surface area contributed by atoms with Gasteiger partial charge in [0.25, 0.3) is 5.91 Å². The summed E-state index contributed by atoms with van der Waals surface area (Å²) in [5, 5.41) is 6.92. The molecule has 1 unspecified atom stereocenters. The molecule has 2 N–H and O–H groups in total. The first-order valence-corrected chi connectivity index (χ1v) is 10.9. The van der Waals surface area contributed by atoms with Crippen molar-refractivity contribution in [3.8, 4) is 0 Å². The maximum Gasteiger partial charge on any atom is 0.257 e. The molecule has 2 heterocycles. The van der Waals surface area contributed by atoms with Crippen molar-refractivity contribution in [3.05, 3.63) is 45.8 Å². The summed E-state index contributed by atoms with van der Waals surface area (Å²) in [5.74, 6) is 0.170. The minimum absolute atomic E-state index is 0.228. The summed E-state index contributed by atoms with van der Waals surface area (Å²) in [5.41, 5.74) is 1.84. The summed E-state index contributed by atoms with van der Waals surface area (Å²) in [6.07, 6.45) is 9.23. The number of carbonyl (C=O) groups excluding carboxylic acids is 1. The largest absolute Gasteiger partial charge is 0.364 e. The first-order chi connectivity index (χ1) is 14.0. The predicted molar refractivity (Wildman–Crippen MR) is 111 cm³/mol. The zero-order valence-electron chi connectivity index (χ0n) is 16.3. The number of benzene rings is 1. The van der Waals surface area contributed by atoms with Crippen LogP contribution in [0.2, 0.25) is 0 Å². The van der Waals surface area contributed by atoms with E-state index in [-0.39, 0.29) is 23.4 Å². The van der Waals surface area contributed by atoms with Crippen LogP contribution in [0.15, 0.2) is 27.4 Å². The molecule has 1 aromatic carbocycles. The third-order valence-electron chi connectivity index (χ3n) is 5.72. The lowest BCUT2D eigenvalue weighted by Gasteiger charge is -2.28. The number of halogens is 2. The van der Waals surface area contributed by atoms with Crippen LogP contribution in [0.3, 0.4) is 0 Å². The van der Waals surface area contributed by atoms with Crippen molar-refractivity contribution in [2.24, 2.45) is 5.92 Å². The van der Waals surface area contributed by atoms with Gasteiger partial charge in [-0.2, -0.15) is 0 Å². The van der Waals surface area contributed by atoms with Gasteiger partial charge in [0.2, 0.25) is 0 Å². The smallest absolute Gasteiger partial charge is 0.257 e. The number of hydrogen-bond acceptors (Lipinski definition) is 4. The second-order valence-electron chi connectivity index (χ2n) is 7.78. The van der Waals surface area contributed by atoms with Crippen LogP contribution in [0.5, 0.6) is 0 Å². The van der Waals surface area contributed by atoms with Gasteiger partial charge in [-0.3, -0.25) is 4.79 Å². The van der Waals surface area contributed by atoms with Gasteiger partial charge in [0.15, 0.2) is 5.82 Å². The van der Waals surface area contributed by atoms with Crippen LogP contribution in [0.25, 0.3) is 11.0 Å². The van der Waals surface area contributed by atoms with Crippen molar-refractivity contribution in [3.63, 3.8) is 0 Å². The summed E-state index contributed by atoms with van der Waals surface area (Å²) in [7, 11) is 0. The fraction of sp³-hybridized carbons (Fsp3) is 0.476. The molecule has 0 radical (unpaired) electrons. The van der Waals surface area contributed by atoms with Gasteiger partial charge in [0.05, 0.1) is 17.3 Å². The van der Waals surface area contributed by atoms with Crippen molar-refractivity contribution in [1.29, 1.82) is 0 Å². The Morgan fingerprint density at radius 1 is 1.28 bits per heavy atom. The quantitative estimate of drug-likeness (QED) is 0.528. The highest BCUT2D eigenvalue weighted by Crippen LogP contribution is 2.34. The standard InChI is InChI=1S/C21H24BrFN4O2/c1-12-15(11-29-27-12)21(28)26-18(13-7-5-3-2-4-6-8-13)20-24-17-10-14(22)9-16(23)19(17)25-20/h9-11,13,18H,2-8H2,1H3,(H,24,25)(H,26,28). The number of aromatic nitrogens is 3. The molecule has 1 aliphatic carbocycles. The summed E-state index contributed by atoms with van der Waals surface area (Å²) in [4.78, 5) is 20.7. The number of amides is 1. The Morgan fingerprint density at radius 2 is 2.00 bits per heavy atom. The number of imidazole rings is 1. The van der Waals surface area contributed by atoms with E-state index < -0.39 is 5.82 Å². The molecule has 1 amide bonds. The maximum atomic E-state index is 14.4. The van der Waals surface area contributed by atoms with E-state index in [2.05, 4.69) is 36.4 Å². The van der Waals surface area contributed by atoms with Gasteiger partial charge in [-0.15, -0.1) is 0 Å². The van der Waals surface area contributed by atoms with Gasteiger partial charge in [-0.1, -0.05) is 53.2 Å². The van der Waals surface area contributed by atoms with E-state index in [4.69, 9.17) is 4.52 Å². The van der Waals surface area contributed by atoms with Crippen LogP contribution < -0.4 is 5.32 Å². The normalized spacial score (nSPS) is 17.1. The van der Waals surface area contributed by atoms with E-state index >= 15 is 0 Å². The van der Waals surface area contributed by atoms with Gasteiger partial charge >= 0.3 is 0 Å². The molecular formula is C21H24BrFN4O2. The molecule has 0 aliphatic heterocycles. The molecule has 1 atom stereocenters. The van der Waals surface area contributed by atoms with Crippen LogP contribution in [0, 0.1) is 18.7 Å². The van der Waals surface area contributed by atoms with E-state index in [1.807, 2.05) is 0 Å². The second kappa shape index (κ2) is 8.65. The molecule has 29 heavy (non-hydrogen) atoms. The average molecular weight is 463 g/mol. The van der Waals surface area contributed by atoms with Crippen molar-refractivity contribution >= 4 is 32.9 Å². The fourth-order valence-corrected chi connectivity index (χ4v) is 4.60. The van der Waals surface area contributed by atoms with Gasteiger partial charge in [-0.25, -0.2) is 9.37 Å². The summed E-state index contributed by atoms with van der Waals surface area (Å²) >= 11 is 3.32. The summed E-state index contributed by atoms with van der Waals surface area (Å²) in [6.45, 7) is 1.73. The summed E-state index contributed by atoms with van der Waals surface area (Å²) in [6, 6.07) is 2.87. The second-order valence-corrected chi connectivity index (χ2v) is 8.69. The van der Waals surface area contributed by atoms with Crippen LogP contribution in [0.4, 0.5) is 4.39 Å². The molecule has 3 aromatic rings. The molecule has 1 aliphatic rings. The number of fused-ring (bicyclic) bond motifs is 1. The van der Waals surface area contributed by atoms with Gasteiger partial charge < -0.3 is 14.8 Å². The Bertz CT molecular complexity index is 1010. The topological polar surface area (TPSA) is 83.8 Å². The molecule has 0 spiro atoms. The number of aryl methyl sites for hydroxylation is 1. The number of nitrogens with zero attached hydrogens (tertiary/aromatic N) is 2. The molecule has 154 valence electrons. The molecule has 4 rings (SSSR count). The van der Waals surface area contributed by atoms with Crippen molar-refractivity contribution < 1.29 is 13.7 Å². The Balaban J connectivity index is 1.70. The third-order valence-corrected chi connectivity index (χ3v) is 6.18. The van der Waals surface area contributed by atoms with E-state index in [1.165, 1.54) is 31.6 Å². The number of rotatable bonds is 4. The Labute approximate surface area is 176 Å². The monoisotopic (exact) mass is 462 g/mol. The van der Waals surface area contributed by atoms with E-state index in [0.29, 0.717) is 27.1 Å². The Morgan fingerprint density at radius 3 is 2.69 bits per heavy atom. The molecule has 6 nitrogen and oxygen atoms in total. The highest BCUT2D eigenvalue weighted by Gasteiger charge is 2.29. The average Bonchev–Trinajstić information content (AvgIpc) is 3.26. The third kappa shape index (κ3) is 4.37. The minimum Gasteiger partial charge on any atom is -0.364 e. The molecule has 1 fully saturated rings. The van der Waals surface area contributed by atoms with Crippen LogP contribution >= 0.6 is 15.9 Å². The fourth-order valence-electron chi connectivity index (χ4n) is 4.17. The van der Waals surface area contributed by atoms with Gasteiger partial charge in [-0.05, 0) is 37.8 Å². The summed E-state index contributed by atoms with van der Waals surface area (Å²) < 4.78 is 20.0. The zero-order chi connectivity index (χ0) is 20.4. The first-order valence-electron chi connectivity index (χ1n) is 10.1. The number of H-pyrrole nitrogens is 1. The van der Waals surface area contributed by atoms with Crippen molar-refractivity contribution in [2.45, 2.75) is 57.9 Å². The molecule has 1 saturated carbocycles. The Kier molecular flexibility index (Phi) is 5.99. The number of nitrogens with one attached hydrogen (secondary N) is 2. The van der Waals surface area contributed by atoms with Gasteiger partial charge in [0, 0.05) is 4.47 Å². The van der Waals surface area contributed by atoms with E-state index in [1.54, 1.807) is 13.0 Å². The number of carbonyl (C=O) groups is 1. The predicted octanol–water partition coefficient (Wildman–Crippen LogP) is 5.59. The SMILES string of the molecule is Cc1nocc1C(=O)NC(c1nc2c(F)cc(Br)cc2[nH]1)C1CCCCCCC1. The number of aromatic amines is 1. The van der Waals surface area contributed by atoms with Crippen LogP contribution in [-0.4, -0.2) is 21.0 Å². The molecular weight excluding hydrogens is 439 g/mol. The zero-order valence-corrected chi connectivity index (χ0v) is 17.9. The molecule has 0 bridgehead atoms. The molecule has 0 saturated heterocycles. The lowest BCUT2D eigenvalue weighted by atomic mass is 9.85. The first kappa shape index (κ1) is 20.1. The van der Waals surface area contributed by atoms with E-state index in [0.717, 1.165) is 25.7 Å². The highest BCUT2D eigenvalue weighted by molar-refractivity contribution is 9.10. The number of hydrogen-bond donors (Lipinski definition) is 2. The minimum atomic E-state index is -0.394. The maximum absolute atomic E-state index is 14.4. The lowest BCUT2D eigenvalue weighted by Crippen LogP contribution is -2.35. The Hall–Kier alpha value is -2.22. The van der Waals surface area contributed by atoms with Crippen LogP contribution in [-0.2, 0) is 0 Å². The highest BCUT2D eigenvalue weighted by atomic mass is 79.9. The molecule has 8 heteroatoms. The van der Waals surface area contributed by atoms with Crippen molar-refractivity contribution in [2.75, 3.05) is 0 Å². The lowest BCUT2D eigenvalue weighted by molar-refractivity contribution is 0.0911. The van der Waals surface area contributed by atoms with Crippen molar-refractivity contribution in [1.82, 2.24) is 20.4 Å². The molecule has 2 aromatic heterocycles. The van der Waals surface area contributed by atoms with Crippen LogP contribution in [0.1, 0.15) is 72.9 Å². The van der Waals surface area contributed by atoms with E-state index in [9.17, 15) is 9.18 Å².